The molecule has 0 amide bonds. The van der Waals surface area contributed by atoms with E-state index in [-0.39, 0.29) is 12.2 Å². The van der Waals surface area contributed by atoms with Gasteiger partial charge in [0.25, 0.3) is 0 Å². The zero-order chi connectivity index (χ0) is 15.6. The molecule has 3 rings (SSSR count). The van der Waals surface area contributed by atoms with Gasteiger partial charge in [-0.1, -0.05) is 0 Å². The van der Waals surface area contributed by atoms with Crippen molar-refractivity contribution in [3.63, 3.8) is 0 Å². The Balaban J connectivity index is 2.00. The van der Waals surface area contributed by atoms with Crippen LogP contribution in [0.2, 0.25) is 0 Å². The minimum absolute atomic E-state index is 0.160. The molecule has 1 aliphatic carbocycles. The quantitative estimate of drug-likeness (QED) is 0.654. The Labute approximate surface area is 122 Å². The summed E-state index contributed by atoms with van der Waals surface area (Å²) in [6, 6.07) is 0. The Kier molecular flexibility index (Phi) is 3.02. The molecule has 21 heavy (non-hydrogen) atoms. The van der Waals surface area contributed by atoms with Crippen molar-refractivity contribution in [3.8, 4) is 0 Å². The average molecular weight is 300 g/mol. The summed E-state index contributed by atoms with van der Waals surface area (Å²) in [6.07, 6.45) is -2.19. The number of hydrogen-bond acceptors (Lipinski definition) is 7. The SMILES string of the molecule is COC(=O)[C@@]12C[C@H]3OC(C)(C)OC3C(=O)[C@@H]1OC(C)(C)O2. The summed E-state index contributed by atoms with van der Waals surface area (Å²) in [4.78, 5) is 24.9. The fraction of sp³-hybridized carbons (Fsp3) is 0.857. The van der Waals surface area contributed by atoms with Gasteiger partial charge in [0.1, 0.15) is 6.10 Å². The minimum Gasteiger partial charge on any atom is -0.467 e. The zero-order valence-electron chi connectivity index (χ0n) is 12.8. The first-order valence-electron chi connectivity index (χ1n) is 6.96. The number of carbonyl (C=O) groups excluding carboxylic acids is 2. The van der Waals surface area contributed by atoms with Crippen LogP contribution in [0.4, 0.5) is 0 Å². The molecule has 0 bridgehead atoms. The molecule has 3 fully saturated rings. The van der Waals surface area contributed by atoms with Gasteiger partial charge >= 0.3 is 5.97 Å². The van der Waals surface area contributed by atoms with Crippen molar-refractivity contribution in [2.24, 2.45) is 0 Å². The summed E-state index contributed by atoms with van der Waals surface area (Å²) in [6.45, 7) is 6.77. The summed E-state index contributed by atoms with van der Waals surface area (Å²) in [5.41, 5.74) is -1.47. The number of Topliss-reactive ketones (excluding diaryl/α,β-unsaturated/α-hetero) is 1. The molecular formula is C14H20O7. The Hall–Kier alpha value is -1.02. The van der Waals surface area contributed by atoms with Crippen LogP contribution in [-0.4, -0.2) is 54.3 Å². The van der Waals surface area contributed by atoms with E-state index < -0.39 is 41.5 Å². The van der Waals surface area contributed by atoms with Crippen molar-refractivity contribution in [1.29, 1.82) is 0 Å². The van der Waals surface area contributed by atoms with E-state index >= 15 is 0 Å². The van der Waals surface area contributed by atoms with Crippen LogP contribution in [0.3, 0.4) is 0 Å². The number of hydrogen-bond donors (Lipinski definition) is 0. The average Bonchev–Trinajstić information content (AvgIpc) is 2.81. The van der Waals surface area contributed by atoms with Crippen LogP contribution in [0.1, 0.15) is 34.1 Å². The number of esters is 1. The first kappa shape index (κ1) is 14.9. The highest BCUT2D eigenvalue weighted by atomic mass is 16.8. The van der Waals surface area contributed by atoms with E-state index in [1.807, 2.05) is 0 Å². The maximum absolute atomic E-state index is 12.7. The molecule has 0 spiro atoms. The molecule has 2 saturated heterocycles. The number of ketones is 1. The van der Waals surface area contributed by atoms with Gasteiger partial charge in [-0.25, -0.2) is 4.79 Å². The van der Waals surface area contributed by atoms with E-state index in [0.29, 0.717) is 0 Å². The Morgan fingerprint density at radius 2 is 1.81 bits per heavy atom. The predicted octanol–water partition coefficient (Wildman–Crippen LogP) is 0.543. The van der Waals surface area contributed by atoms with Crippen molar-refractivity contribution < 1.29 is 33.3 Å². The number of methoxy groups -OCH3 is 1. The summed E-state index contributed by atoms with van der Waals surface area (Å²) in [7, 11) is 1.26. The van der Waals surface area contributed by atoms with Gasteiger partial charge in [0.2, 0.25) is 5.60 Å². The first-order valence-corrected chi connectivity index (χ1v) is 6.96. The van der Waals surface area contributed by atoms with Crippen molar-refractivity contribution in [3.05, 3.63) is 0 Å². The van der Waals surface area contributed by atoms with Gasteiger partial charge in [-0.15, -0.1) is 0 Å². The second-order valence-corrected chi connectivity index (χ2v) is 6.58. The lowest BCUT2D eigenvalue weighted by Crippen LogP contribution is -2.62. The molecule has 0 aromatic rings. The Bertz CT molecular complexity index is 498. The number of fused-ring (bicyclic) bond motifs is 2. The third-order valence-electron chi connectivity index (χ3n) is 4.01. The van der Waals surface area contributed by atoms with Gasteiger partial charge in [0.05, 0.1) is 13.2 Å². The summed E-state index contributed by atoms with van der Waals surface area (Å²) in [5.74, 6) is -2.90. The first-order chi connectivity index (χ1) is 9.60. The van der Waals surface area contributed by atoms with Crippen LogP contribution in [-0.2, 0) is 33.3 Å². The van der Waals surface area contributed by atoms with Gasteiger partial charge in [-0.2, -0.15) is 0 Å². The molecule has 2 heterocycles. The van der Waals surface area contributed by atoms with Crippen molar-refractivity contribution in [2.75, 3.05) is 7.11 Å². The topological polar surface area (TPSA) is 80.3 Å². The molecule has 4 atom stereocenters. The minimum atomic E-state index is -1.47. The third kappa shape index (κ3) is 2.11. The molecule has 0 aromatic carbocycles. The van der Waals surface area contributed by atoms with E-state index in [1.54, 1.807) is 27.7 Å². The second-order valence-electron chi connectivity index (χ2n) is 6.58. The van der Waals surface area contributed by atoms with Gasteiger partial charge in [-0.05, 0) is 27.7 Å². The molecule has 1 unspecified atom stereocenters. The third-order valence-corrected chi connectivity index (χ3v) is 4.01. The monoisotopic (exact) mass is 300 g/mol. The Morgan fingerprint density at radius 3 is 2.43 bits per heavy atom. The van der Waals surface area contributed by atoms with Crippen LogP contribution >= 0.6 is 0 Å². The van der Waals surface area contributed by atoms with Crippen molar-refractivity contribution in [1.82, 2.24) is 0 Å². The number of rotatable bonds is 1. The molecule has 7 nitrogen and oxygen atoms in total. The van der Waals surface area contributed by atoms with E-state index in [4.69, 9.17) is 23.7 Å². The maximum Gasteiger partial charge on any atom is 0.341 e. The number of ether oxygens (including phenoxy) is 5. The van der Waals surface area contributed by atoms with Crippen LogP contribution in [0, 0.1) is 0 Å². The van der Waals surface area contributed by atoms with Crippen molar-refractivity contribution >= 4 is 11.8 Å². The van der Waals surface area contributed by atoms with Gasteiger partial charge < -0.3 is 23.7 Å². The molecule has 0 aromatic heterocycles. The molecule has 1 saturated carbocycles. The summed E-state index contributed by atoms with van der Waals surface area (Å²) < 4.78 is 27.7. The normalized spacial score (nSPS) is 43.3. The molecule has 7 heteroatoms. The fourth-order valence-corrected chi connectivity index (χ4v) is 3.41. The molecular weight excluding hydrogens is 280 g/mol. The molecule has 0 radical (unpaired) electrons. The largest absolute Gasteiger partial charge is 0.467 e. The lowest BCUT2D eigenvalue weighted by molar-refractivity contribution is -0.196. The smallest absolute Gasteiger partial charge is 0.341 e. The lowest BCUT2D eigenvalue weighted by atomic mass is 9.78. The maximum atomic E-state index is 12.7. The molecule has 0 N–H and O–H groups in total. The predicted molar refractivity (Wildman–Crippen MR) is 68.2 cm³/mol. The molecule has 118 valence electrons. The summed E-state index contributed by atoms with van der Waals surface area (Å²) >= 11 is 0. The zero-order valence-corrected chi connectivity index (χ0v) is 12.8. The highest BCUT2D eigenvalue weighted by Crippen LogP contribution is 2.48. The van der Waals surface area contributed by atoms with Crippen LogP contribution < -0.4 is 0 Å². The van der Waals surface area contributed by atoms with Crippen LogP contribution in [0.15, 0.2) is 0 Å². The molecule has 3 aliphatic rings. The van der Waals surface area contributed by atoms with E-state index in [2.05, 4.69) is 0 Å². The lowest BCUT2D eigenvalue weighted by Gasteiger charge is -2.36. The summed E-state index contributed by atoms with van der Waals surface area (Å²) in [5, 5.41) is 0. The molecule has 2 aliphatic heterocycles. The van der Waals surface area contributed by atoms with Crippen LogP contribution in [0.5, 0.6) is 0 Å². The van der Waals surface area contributed by atoms with Gasteiger partial charge in [-0.3, -0.25) is 4.79 Å². The van der Waals surface area contributed by atoms with E-state index in [9.17, 15) is 9.59 Å². The highest BCUT2D eigenvalue weighted by molar-refractivity contribution is 5.98. The highest BCUT2D eigenvalue weighted by Gasteiger charge is 2.69. The second kappa shape index (κ2) is 4.25. The van der Waals surface area contributed by atoms with Crippen molar-refractivity contribution in [2.45, 2.75) is 69.6 Å². The van der Waals surface area contributed by atoms with E-state index in [0.717, 1.165) is 0 Å². The van der Waals surface area contributed by atoms with Crippen LogP contribution in [0.25, 0.3) is 0 Å². The standard InChI is InChI=1S/C14H20O7/c1-12(2)18-7-6-14(11(16)17-5)10(8(15)9(7)19-12)20-13(3,4)21-14/h7,9-10H,6H2,1-5H3/t7-,9?,10+,14-/m1/s1. The fourth-order valence-electron chi connectivity index (χ4n) is 3.41. The van der Waals surface area contributed by atoms with Gasteiger partial charge in [0, 0.05) is 6.42 Å². The Morgan fingerprint density at radius 1 is 1.14 bits per heavy atom. The number of carbonyl (C=O) groups is 2. The van der Waals surface area contributed by atoms with Gasteiger partial charge in [0.15, 0.2) is 23.5 Å². The van der Waals surface area contributed by atoms with E-state index in [1.165, 1.54) is 7.11 Å².